The van der Waals surface area contributed by atoms with Crippen molar-refractivity contribution in [2.75, 3.05) is 0 Å². The van der Waals surface area contributed by atoms with E-state index in [2.05, 4.69) is 4.72 Å². The van der Waals surface area contributed by atoms with E-state index in [1.54, 1.807) is 13.8 Å². The Bertz CT molecular complexity index is 688. The summed E-state index contributed by atoms with van der Waals surface area (Å²) in [4.78, 5) is 21.7. The maximum absolute atomic E-state index is 12.3. The van der Waals surface area contributed by atoms with Crippen molar-refractivity contribution in [1.82, 2.24) is 4.72 Å². The van der Waals surface area contributed by atoms with Gasteiger partial charge in [-0.25, -0.2) is 13.2 Å². The van der Waals surface area contributed by atoms with Crippen LogP contribution in [0.1, 0.15) is 30.6 Å². The van der Waals surface area contributed by atoms with Gasteiger partial charge in [0.05, 0.1) is 10.6 Å². The maximum Gasteiger partial charge on any atom is 0.335 e. The molecule has 9 heteroatoms. The highest BCUT2D eigenvalue weighted by molar-refractivity contribution is 7.89. The molecule has 0 aliphatic rings. The van der Waals surface area contributed by atoms with Crippen LogP contribution < -0.4 is 4.72 Å². The van der Waals surface area contributed by atoms with Gasteiger partial charge in [-0.05, 0) is 24.1 Å². The topological polar surface area (TPSA) is 121 Å². The van der Waals surface area contributed by atoms with Gasteiger partial charge in [-0.15, -0.1) is 0 Å². The van der Waals surface area contributed by atoms with Gasteiger partial charge >= 0.3 is 11.9 Å². The number of aliphatic carboxylic acids is 1. The van der Waals surface area contributed by atoms with Gasteiger partial charge in [0.25, 0.3) is 0 Å². The SMILES string of the molecule is CC[C@H](C)[C@H](NS(=O)(=O)c1cc(C(=O)O)ccc1Cl)C(=O)O. The molecular formula is C13H16ClNO6S. The van der Waals surface area contributed by atoms with Crippen LogP contribution in [0, 0.1) is 5.92 Å². The quantitative estimate of drug-likeness (QED) is 0.690. The lowest BCUT2D eigenvalue weighted by molar-refractivity contribution is -0.140. The summed E-state index contributed by atoms with van der Waals surface area (Å²) in [7, 11) is -4.27. The summed E-state index contributed by atoms with van der Waals surface area (Å²) in [6.07, 6.45) is 0.447. The zero-order valence-electron chi connectivity index (χ0n) is 11.9. The Labute approximate surface area is 133 Å². The number of nitrogens with one attached hydrogen (secondary N) is 1. The lowest BCUT2D eigenvalue weighted by atomic mass is 10.0. The van der Waals surface area contributed by atoms with E-state index in [1.807, 2.05) is 0 Å². The molecule has 0 heterocycles. The molecule has 1 aromatic rings. The molecule has 1 aromatic carbocycles. The predicted octanol–water partition coefficient (Wildman–Crippen LogP) is 1.82. The summed E-state index contributed by atoms with van der Waals surface area (Å²) in [6.45, 7) is 3.32. The van der Waals surface area contributed by atoms with Crippen molar-refractivity contribution >= 4 is 33.6 Å². The molecule has 0 saturated carbocycles. The van der Waals surface area contributed by atoms with Crippen LogP contribution in [0.3, 0.4) is 0 Å². The van der Waals surface area contributed by atoms with Gasteiger partial charge in [0.15, 0.2) is 0 Å². The molecule has 122 valence electrons. The highest BCUT2D eigenvalue weighted by atomic mass is 35.5. The van der Waals surface area contributed by atoms with E-state index in [1.165, 1.54) is 0 Å². The van der Waals surface area contributed by atoms with Gasteiger partial charge in [0.1, 0.15) is 10.9 Å². The Morgan fingerprint density at radius 1 is 1.32 bits per heavy atom. The number of halogens is 1. The smallest absolute Gasteiger partial charge is 0.335 e. The summed E-state index contributed by atoms with van der Waals surface area (Å²) in [6, 6.07) is 1.85. The van der Waals surface area contributed by atoms with Gasteiger partial charge in [-0.1, -0.05) is 31.9 Å². The first-order valence-corrected chi connectivity index (χ1v) is 8.24. The molecule has 0 radical (unpaired) electrons. The molecule has 0 bridgehead atoms. The Kier molecular flexibility index (Phi) is 5.92. The molecule has 0 amide bonds. The zero-order chi connectivity index (χ0) is 17.1. The summed E-state index contributed by atoms with van der Waals surface area (Å²) in [5.41, 5.74) is -0.264. The Morgan fingerprint density at radius 3 is 2.36 bits per heavy atom. The van der Waals surface area contributed by atoms with Gasteiger partial charge in [0.2, 0.25) is 10.0 Å². The van der Waals surface area contributed by atoms with Gasteiger partial charge < -0.3 is 10.2 Å². The van der Waals surface area contributed by atoms with Crippen molar-refractivity contribution < 1.29 is 28.2 Å². The normalized spacial score (nSPS) is 14.3. The highest BCUT2D eigenvalue weighted by Gasteiger charge is 2.30. The van der Waals surface area contributed by atoms with E-state index in [-0.39, 0.29) is 10.6 Å². The third-order valence-corrected chi connectivity index (χ3v) is 5.15. The second-order valence-corrected chi connectivity index (χ2v) is 6.86. The minimum Gasteiger partial charge on any atom is -0.480 e. The second kappa shape index (κ2) is 7.08. The van der Waals surface area contributed by atoms with Crippen molar-refractivity contribution in [2.24, 2.45) is 5.92 Å². The molecule has 0 unspecified atom stereocenters. The monoisotopic (exact) mass is 349 g/mol. The third-order valence-electron chi connectivity index (χ3n) is 3.23. The maximum atomic E-state index is 12.3. The van der Waals surface area contributed by atoms with Gasteiger partial charge in [-0.3, -0.25) is 4.79 Å². The lowest BCUT2D eigenvalue weighted by Gasteiger charge is -2.20. The number of sulfonamides is 1. The highest BCUT2D eigenvalue weighted by Crippen LogP contribution is 2.24. The summed E-state index contributed by atoms with van der Waals surface area (Å²) < 4.78 is 26.7. The van der Waals surface area contributed by atoms with E-state index in [0.717, 1.165) is 18.2 Å². The number of aromatic carboxylic acids is 1. The second-order valence-electron chi connectivity index (χ2n) is 4.77. The van der Waals surface area contributed by atoms with E-state index in [4.69, 9.17) is 21.8 Å². The number of rotatable bonds is 7. The minimum atomic E-state index is -4.27. The van der Waals surface area contributed by atoms with Crippen LogP contribution >= 0.6 is 11.6 Å². The first-order chi connectivity index (χ1) is 10.1. The molecular weight excluding hydrogens is 334 g/mol. The van der Waals surface area contributed by atoms with E-state index in [0.29, 0.717) is 6.42 Å². The standard InChI is InChI=1S/C13H16ClNO6S/c1-3-7(2)11(13(18)19)15-22(20,21)10-6-8(12(16)17)4-5-9(10)14/h4-7,11,15H,3H2,1-2H3,(H,16,17)(H,18,19)/t7-,11-/m0/s1. The Hall–Kier alpha value is -1.64. The molecule has 7 nitrogen and oxygen atoms in total. The predicted molar refractivity (Wildman–Crippen MR) is 79.6 cm³/mol. The van der Waals surface area contributed by atoms with Crippen molar-refractivity contribution in [3.8, 4) is 0 Å². The van der Waals surface area contributed by atoms with E-state index >= 15 is 0 Å². The molecule has 1 rings (SSSR count). The Balaban J connectivity index is 3.26. The number of carboxylic acid groups (broad SMARTS) is 2. The molecule has 0 aromatic heterocycles. The average Bonchev–Trinajstić information content (AvgIpc) is 2.43. The minimum absolute atomic E-state index is 0.189. The third kappa shape index (κ3) is 4.19. The van der Waals surface area contributed by atoms with Crippen molar-refractivity contribution in [3.63, 3.8) is 0 Å². The largest absolute Gasteiger partial charge is 0.480 e. The lowest BCUT2D eigenvalue weighted by Crippen LogP contribution is -2.45. The van der Waals surface area contributed by atoms with Crippen LogP contribution in [0.2, 0.25) is 5.02 Å². The molecule has 0 aliphatic carbocycles. The number of carbonyl (C=O) groups is 2. The van der Waals surface area contributed by atoms with Crippen LogP contribution in [0.5, 0.6) is 0 Å². The molecule has 0 saturated heterocycles. The van der Waals surface area contributed by atoms with Gasteiger partial charge in [-0.2, -0.15) is 4.72 Å². The zero-order valence-corrected chi connectivity index (χ0v) is 13.5. The summed E-state index contributed by atoms with van der Waals surface area (Å²) >= 11 is 5.80. The first-order valence-electron chi connectivity index (χ1n) is 6.38. The number of hydrogen-bond donors (Lipinski definition) is 3. The fraction of sp³-hybridized carbons (Fsp3) is 0.385. The molecule has 0 fully saturated rings. The fourth-order valence-electron chi connectivity index (χ4n) is 1.72. The molecule has 3 N–H and O–H groups in total. The van der Waals surface area contributed by atoms with Gasteiger partial charge in [0, 0.05) is 0 Å². The molecule has 0 aliphatic heterocycles. The number of carboxylic acids is 2. The fourth-order valence-corrected chi connectivity index (χ4v) is 3.54. The van der Waals surface area contributed by atoms with Crippen LogP contribution in [-0.4, -0.2) is 36.6 Å². The number of benzene rings is 1. The van der Waals surface area contributed by atoms with Crippen LogP contribution in [0.25, 0.3) is 0 Å². The molecule has 0 spiro atoms. The summed E-state index contributed by atoms with van der Waals surface area (Å²) in [5.74, 6) is -3.08. The number of hydrogen-bond acceptors (Lipinski definition) is 4. The van der Waals surface area contributed by atoms with Crippen LogP contribution in [-0.2, 0) is 14.8 Å². The summed E-state index contributed by atoms with van der Waals surface area (Å²) in [5, 5.41) is 17.9. The van der Waals surface area contributed by atoms with Crippen LogP contribution in [0.4, 0.5) is 0 Å². The molecule has 2 atom stereocenters. The first kappa shape index (κ1) is 18.4. The Morgan fingerprint density at radius 2 is 1.91 bits per heavy atom. The van der Waals surface area contributed by atoms with Crippen molar-refractivity contribution in [1.29, 1.82) is 0 Å². The van der Waals surface area contributed by atoms with Crippen molar-refractivity contribution in [2.45, 2.75) is 31.2 Å². The van der Waals surface area contributed by atoms with E-state index in [9.17, 15) is 18.0 Å². The van der Waals surface area contributed by atoms with Crippen LogP contribution in [0.15, 0.2) is 23.1 Å². The average molecular weight is 350 g/mol. The van der Waals surface area contributed by atoms with Crippen molar-refractivity contribution in [3.05, 3.63) is 28.8 Å². The van der Waals surface area contributed by atoms with E-state index < -0.39 is 38.8 Å². The molecule has 22 heavy (non-hydrogen) atoms.